The van der Waals surface area contributed by atoms with Crippen molar-refractivity contribution >= 4 is 68.8 Å². The Balaban J connectivity index is 0.000000158. The Bertz CT molecular complexity index is 3740. The summed E-state index contributed by atoms with van der Waals surface area (Å²) in [6.45, 7) is 21.5. The van der Waals surface area contributed by atoms with Crippen LogP contribution in [-0.4, -0.2) is 97.7 Å². The summed E-state index contributed by atoms with van der Waals surface area (Å²) < 4.78 is 112. The lowest BCUT2D eigenvalue weighted by Gasteiger charge is -2.32. The van der Waals surface area contributed by atoms with Gasteiger partial charge in [0.1, 0.15) is 28.9 Å². The van der Waals surface area contributed by atoms with Gasteiger partial charge in [0.25, 0.3) is 0 Å². The van der Waals surface area contributed by atoms with Gasteiger partial charge in [0.2, 0.25) is 11.8 Å². The third kappa shape index (κ3) is 19.4. The molecule has 0 bridgehead atoms. The van der Waals surface area contributed by atoms with Gasteiger partial charge >= 0.3 is 29.6 Å². The molecule has 2 atom stereocenters. The number of hydrogen-bond donors (Lipinski definition) is 0. The molecular weight excluding hydrogens is 1350 g/mol. The standard InChI is InChI=1S/C29H31ClN2O2.C20H21F3N2O4S.C12H24B2O4.C10H10BrClO/c1-19-31-28(26(29(32-19)33-2)16-20-6-4-3-5-7-20)23-12-10-22(11-13-23)25-15-14-24(17-27(25)30)34-18-21-8-9-21;1-13-24-18(17(19(25-13)28-2)12-14-6-4-3-5-7-14)15-8-10-16(11-9-15)29-30(26,27)20(21,22)23;1-9(2)10(3,4)16-13(15-9)14-17-11(5,6)12(7,8)18-14;11-9-4-3-8(5-10(9)12)13-6-7-1-2-7/h3-7,10,14-15,17,21,23H,8-9,11-13,16,18H2,1-2H3;3-7,10,15H,8-9,11-12H2,1-2H3;1-8H3;3-5,7H,1-2,6H2. The van der Waals surface area contributed by atoms with Gasteiger partial charge in [-0.3, -0.25) is 0 Å². The number of methoxy groups -OCH3 is 2. The topological polar surface area (TPSA) is 169 Å². The van der Waals surface area contributed by atoms with E-state index < -0.39 is 29.6 Å². The summed E-state index contributed by atoms with van der Waals surface area (Å²) >= 11 is 15.9. The van der Waals surface area contributed by atoms with Crippen LogP contribution in [-0.2, 0) is 45.8 Å². The predicted molar refractivity (Wildman–Crippen MR) is 370 cm³/mol. The van der Waals surface area contributed by atoms with Crippen molar-refractivity contribution in [3.63, 3.8) is 0 Å². The minimum atomic E-state index is -5.66. The van der Waals surface area contributed by atoms with Crippen LogP contribution in [0.5, 0.6) is 23.3 Å². The summed E-state index contributed by atoms with van der Waals surface area (Å²) in [5.74, 6) is 5.65. The maximum absolute atomic E-state index is 12.5. The van der Waals surface area contributed by atoms with Crippen LogP contribution in [0.4, 0.5) is 13.2 Å². The largest absolute Gasteiger partial charge is 0.534 e. The summed E-state index contributed by atoms with van der Waals surface area (Å²) in [6, 6.07) is 31.9. The van der Waals surface area contributed by atoms with Gasteiger partial charge in [0, 0.05) is 46.7 Å². The highest BCUT2D eigenvalue weighted by molar-refractivity contribution is 9.10. The number of allylic oxidation sites excluding steroid dienone is 4. The number of ether oxygens (including phenoxy) is 4. The number of nitrogens with zero attached hydrogens (tertiary/aromatic N) is 4. The van der Waals surface area contributed by atoms with Crippen molar-refractivity contribution in [3.8, 4) is 23.3 Å². The van der Waals surface area contributed by atoms with Crippen molar-refractivity contribution in [3.05, 3.63) is 180 Å². The van der Waals surface area contributed by atoms with E-state index in [9.17, 15) is 21.6 Å². The molecule has 2 aromatic heterocycles. The van der Waals surface area contributed by atoms with Crippen molar-refractivity contribution < 1.29 is 63.3 Å². The van der Waals surface area contributed by atoms with Gasteiger partial charge in [-0.25, -0.2) is 9.97 Å². The smallest absolute Gasteiger partial charge is 0.493 e. The van der Waals surface area contributed by atoms with Crippen LogP contribution >= 0.6 is 39.1 Å². The molecule has 4 fully saturated rings. The van der Waals surface area contributed by atoms with Crippen molar-refractivity contribution in [2.45, 2.75) is 186 Å². The van der Waals surface area contributed by atoms with E-state index in [1.54, 1.807) is 14.0 Å². The number of halogens is 6. The van der Waals surface area contributed by atoms with Crippen molar-refractivity contribution in [1.82, 2.24) is 19.9 Å². The third-order valence-corrected chi connectivity index (χ3v) is 21.0. The highest BCUT2D eigenvalue weighted by Crippen LogP contribution is 2.45. The number of alkyl halides is 3. The summed E-state index contributed by atoms with van der Waals surface area (Å²) in [5.41, 5.74) is 1.55. The van der Waals surface area contributed by atoms with E-state index >= 15 is 0 Å². The number of benzene rings is 4. The van der Waals surface area contributed by atoms with Gasteiger partial charge in [-0.15, -0.1) is 0 Å². The molecule has 15 nitrogen and oxygen atoms in total. The van der Waals surface area contributed by atoms with E-state index in [4.69, 9.17) is 65.8 Å². The fraction of sp³-hybridized carbons (Fsp3) is 0.493. The number of rotatable bonds is 18. The van der Waals surface area contributed by atoms with Gasteiger partial charge in [-0.2, -0.15) is 31.6 Å². The van der Waals surface area contributed by atoms with Gasteiger partial charge in [-0.1, -0.05) is 89.9 Å². The highest BCUT2D eigenvalue weighted by atomic mass is 79.9. The predicted octanol–water partition coefficient (Wildman–Crippen LogP) is 17.7. The molecule has 4 heterocycles. The monoisotopic (exact) mass is 1430 g/mol. The molecule has 95 heavy (non-hydrogen) atoms. The molecule has 4 aliphatic carbocycles. The molecule has 2 saturated heterocycles. The minimum absolute atomic E-state index is 0.0517. The lowest BCUT2D eigenvalue weighted by Crippen LogP contribution is -2.41. The van der Waals surface area contributed by atoms with E-state index in [2.05, 4.69) is 71.5 Å². The first-order chi connectivity index (χ1) is 44.8. The molecule has 24 heteroatoms. The minimum Gasteiger partial charge on any atom is -0.493 e. The molecule has 510 valence electrons. The van der Waals surface area contributed by atoms with Crippen molar-refractivity contribution in [1.29, 1.82) is 0 Å². The molecule has 0 radical (unpaired) electrons. The van der Waals surface area contributed by atoms with Crippen LogP contribution in [0.25, 0.3) is 5.57 Å². The first-order valence-electron chi connectivity index (χ1n) is 32.4. The fourth-order valence-electron chi connectivity index (χ4n) is 11.2. The Morgan fingerprint density at radius 1 is 0.579 bits per heavy atom. The van der Waals surface area contributed by atoms with Crippen molar-refractivity contribution in [2.24, 2.45) is 11.8 Å². The van der Waals surface area contributed by atoms with E-state index in [0.29, 0.717) is 47.8 Å². The Kier molecular flexibility index (Phi) is 24.0. The SMILES string of the molecule is CC1(C)OB(B2OC(C)(C)C(C)(C)O2)OC1(C)C.COc1nc(C)nc(C2CC=C(OS(=O)(=O)C(F)(F)F)CC2)c1Cc1ccccc1.COc1nc(C)nc(C2CC=C(c3ccc(OCC4CC4)cc3Cl)CC2)c1Cc1ccccc1.Clc1cc(OCC2CC2)ccc1Br. The van der Waals surface area contributed by atoms with E-state index in [1.807, 2.05) is 129 Å². The Hall–Kier alpha value is -5.71. The molecule has 2 aliphatic heterocycles. The molecule has 0 N–H and O–H groups in total. The molecule has 12 rings (SSSR count). The molecule has 2 unspecified atom stereocenters. The number of hydrogen-bond acceptors (Lipinski definition) is 15. The van der Waals surface area contributed by atoms with E-state index in [1.165, 1.54) is 50.0 Å². The van der Waals surface area contributed by atoms with Crippen molar-refractivity contribution in [2.75, 3.05) is 27.4 Å². The molecule has 4 aromatic carbocycles. The van der Waals surface area contributed by atoms with Crippen LogP contribution in [0.3, 0.4) is 0 Å². The zero-order valence-corrected chi connectivity index (χ0v) is 60.1. The second-order valence-electron chi connectivity index (χ2n) is 26.9. The highest BCUT2D eigenvalue weighted by Gasteiger charge is 2.64. The molecule has 0 amide bonds. The molecule has 6 aliphatic rings. The van der Waals surface area contributed by atoms with Gasteiger partial charge < -0.3 is 41.7 Å². The number of aromatic nitrogens is 4. The average Bonchev–Trinajstić information content (AvgIpc) is 1.47. The molecule has 2 saturated carbocycles. The Labute approximate surface area is 577 Å². The van der Waals surface area contributed by atoms with Crippen LogP contribution in [0, 0.1) is 25.7 Å². The van der Waals surface area contributed by atoms with Crippen LogP contribution in [0.1, 0.15) is 182 Å². The molecule has 0 spiro atoms. The normalized spacial score (nSPS) is 20.1. The molecular formula is C71H86B2BrCl2F3N4O11S. The first-order valence-corrected chi connectivity index (χ1v) is 35.3. The third-order valence-electron chi connectivity index (χ3n) is 18.4. The Morgan fingerprint density at radius 3 is 1.37 bits per heavy atom. The molecule has 6 aromatic rings. The summed E-state index contributed by atoms with van der Waals surface area (Å²) in [7, 11) is -3.40. The lowest BCUT2D eigenvalue weighted by atomic mass is 9.49. The quantitative estimate of drug-likeness (QED) is 0.0452. The zero-order valence-electron chi connectivity index (χ0n) is 56.2. The second kappa shape index (κ2) is 31.0. The maximum atomic E-state index is 12.5. The van der Waals surface area contributed by atoms with Crippen LogP contribution in [0.2, 0.25) is 10.0 Å². The van der Waals surface area contributed by atoms with E-state index in [-0.39, 0.29) is 40.5 Å². The summed E-state index contributed by atoms with van der Waals surface area (Å²) in [4.78, 5) is 18.4. The lowest BCUT2D eigenvalue weighted by molar-refractivity contribution is -0.0524. The second-order valence-corrected chi connectivity index (χ2v) is 30.1. The van der Waals surface area contributed by atoms with Gasteiger partial charge in [0.15, 0.2) is 0 Å². The average molecular weight is 1430 g/mol. The summed E-state index contributed by atoms with van der Waals surface area (Å²) in [6.07, 6.45) is 13.8. The van der Waals surface area contributed by atoms with Crippen LogP contribution < -0.4 is 18.9 Å². The number of aryl methyl sites for hydroxylation is 2. The van der Waals surface area contributed by atoms with Gasteiger partial charge in [-0.05, 0) is 220 Å². The van der Waals surface area contributed by atoms with E-state index in [0.717, 1.165) is 111 Å². The zero-order chi connectivity index (χ0) is 68.7. The van der Waals surface area contributed by atoms with Gasteiger partial charge in [0.05, 0.1) is 71.3 Å². The first kappa shape index (κ1) is 73.5. The maximum Gasteiger partial charge on any atom is 0.534 e. The Morgan fingerprint density at radius 2 is 1.00 bits per heavy atom. The van der Waals surface area contributed by atoms with Crippen LogP contribution in [0.15, 0.2) is 119 Å². The fourth-order valence-corrected chi connectivity index (χ4v) is 12.4. The summed E-state index contributed by atoms with van der Waals surface area (Å²) in [5, 5.41) is 1.47.